The van der Waals surface area contributed by atoms with Gasteiger partial charge in [-0.1, -0.05) is 29.8 Å². The molecule has 0 N–H and O–H groups in total. The second-order valence-corrected chi connectivity index (χ2v) is 4.16. The summed E-state index contributed by atoms with van der Waals surface area (Å²) in [5, 5.41) is 9.22. The normalized spacial score (nSPS) is 11.9. The summed E-state index contributed by atoms with van der Waals surface area (Å²) in [5.74, 6) is 0. The van der Waals surface area contributed by atoms with Gasteiger partial charge in [0.15, 0.2) is 0 Å². The van der Waals surface area contributed by atoms with Crippen LogP contribution < -0.4 is 0 Å². The molecule has 0 aromatic heterocycles. The number of hydrogen-bond donors (Lipinski definition) is 0. The molecule has 0 aliphatic rings. The molecular formula is C11H9BrClN. The molecule has 0 heterocycles. The van der Waals surface area contributed by atoms with Gasteiger partial charge < -0.3 is 0 Å². The number of nitrogens with zero attached hydrogens (tertiary/aromatic N) is 1. The van der Waals surface area contributed by atoms with Crippen molar-refractivity contribution in [3.8, 4) is 6.07 Å². The van der Waals surface area contributed by atoms with Gasteiger partial charge in [0.05, 0.1) is 11.1 Å². The first kappa shape index (κ1) is 11.3. The molecule has 0 spiro atoms. The second-order valence-electron chi connectivity index (χ2n) is 2.99. The van der Waals surface area contributed by atoms with Gasteiger partial charge in [-0.15, -0.1) is 0 Å². The van der Waals surface area contributed by atoms with Gasteiger partial charge in [0, 0.05) is 15.6 Å². The Bertz CT molecular complexity index is 429. The smallest absolute Gasteiger partial charge is 0.0959 e. The fourth-order valence-corrected chi connectivity index (χ4v) is 1.84. The van der Waals surface area contributed by atoms with Gasteiger partial charge in [-0.2, -0.15) is 5.26 Å². The lowest BCUT2D eigenvalue weighted by Gasteiger charge is -2.06. The number of aryl methyl sites for hydroxylation is 1. The fourth-order valence-electron chi connectivity index (χ4n) is 1.07. The Balaban J connectivity index is 3.36. The first-order chi connectivity index (χ1) is 6.57. The molecule has 1 aromatic rings. The van der Waals surface area contributed by atoms with Crippen molar-refractivity contribution < 1.29 is 0 Å². The first-order valence-electron chi connectivity index (χ1n) is 4.10. The number of benzene rings is 1. The topological polar surface area (TPSA) is 23.8 Å². The van der Waals surface area contributed by atoms with Crippen LogP contribution in [0.3, 0.4) is 0 Å². The highest BCUT2D eigenvalue weighted by Crippen LogP contribution is 2.31. The van der Waals surface area contributed by atoms with Crippen molar-refractivity contribution in [1.82, 2.24) is 0 Å². The van der Waals surface area contributed by atoms with Gasteiger partial charge in [-0.25, -0.2) is 0 Å². The van der Waals surface area contributed by atoms with Crippen LogP contribution >= 0.6 is 27.5 Å². The lowest BCUT2D eigenvalue weighted by atomic mass is 10.1. The maximum absolute atomic E-state index is 8.72. The molecular weight excluding hydrogens is 261 g/mol. The second kappa shape index (κ2) is 4.63. The van der Waals surface area contributed by atoms with Gasteiger partial charge >= 0.3 is 0 Å². The van der Waals surface area contributed by atoms with Crippen LogP contribution in [-0.4, -0.2) is 0 Å². The molecule has 72 valence electrons. The quantitative estimate of drug-likeness (QED) is 0.700. The van der Waals surface area contributed by atoms with E-state index in [4.69, 9.17) is 16.9 Å². The minimum Gasteiger partial charge on any atom is -0.193 e. The van der Waals surface area contributed by atoms with Crippen LogP contribution in [-0.2, 0) is 0 Å². The van der Waals surface area contributed by atoms with Crippen molar-refractivity contribution in [2.45, 2.75) is 13.8 Å². The Labute approximate surface area is 97.1 Å². The predicted octanol–water partition coefficient (Wildman–Crippen LogP) is 4.25. The molecule has 0 radical (unpaired) electrons. The van der Waals surface area contributed by atoms with E-state index in [1.165, 1.54) is 0 Å². The Hall–Kier alpha value is -0.780. The number of nitriles is 1. The van der Waals surface area contributed by atoms with E-state index in [1.807, 2.05) is 31.2 Å². The molecule has 1 rings (SSSR count). The van der Waals surface area contributed by atoms with E-state index in [1.54, 1.807) is 6.92 Å². The number of hydrogen-bond acceptors (Lipinski definition) is 1. The van der Waals surface area contributed by atoms with Gasteiger partial charge in [-0.3, -0.25) is 0 Å². The molecule has 0 bridgehead atoms. The molecule has 0 amide bonds. The number of halogens is 2. The summed E-state index contributed by atoms with van der Waals surface area (Å²) in [4.78, 5) is 0. The third-order valence-corrected chi connectivity index (χ3v) is 3.46. The lowest BCUT2D eigenvalue weighted by molar-refractivity contribution is 1.40. The molecule has 0 fully saturated rings. The van der Waals surface area contributed by atoms with Crippen LogP contribution in [0, 0.1) is 18.3 Å². The standard InChI is InChI=1S/C11H9BrClN/c1-7-4-3-5-9(10(7)12)11(13)8(2)6-14/h3-5H,1-2H3/b11-8-. The Morgan fingerprint density at radius 3 is 2.71 bits per heavy atom. The Kier molecular flexibility index (Phi) is 3.74. The van der Waals surface area contributed by atoms with Crippen LogP contribution in [0.1, 0.15) is 18.1 Å². The zero-order valence-corrected chi connectivity index (χ0v) is 10.3. The van der Waals surface area contributed by atoms with Crippen LogP contribution in [0.2, 0.25) is 0 Å². The van der Waals surface area contributed by atoms with Crippen LogP contribution in [0.15, 0.2) is 28.2 Å². The highest BCUT2D eigenvalue weighted by molar-refractivity contribution is 9.10. The summed E-state index contributed by atoms with van der Waals surface area (Å²) in [6.45, 7) is 3.69. The van der Waals surface area contributed by atoms with Gasteiger partial charge in [-0.05, 0) is 35.3 Å². The zero-order chi connectivity index (χ0) is 10.7. The minimum absolute atomic E-state index is 0.503. The zero-order valence-electron chi connectivity index (χ0n) is 7.94. The molecule has 0 saturated heterocycles. The maximum atomic E-state index is 8.72. The van der Waals surface area contributed by atoms with Crippen molar-refractivity contribution in [1.29, 1.82) is 5.26 Å². The summed E-state index contributed by atoms with van der Waals surface area (Å²) >= 11 is 9.51. The van der Waals surface area contributed by atoms with Gasteiger partial charge in [0.1, 0.15) is 0 Å². The molecule has 3 heteroatoms. The highest BCUT2D eigenvalue weighted by atomic mass is 79.9. The van der Waals surface area contributed by atoms with Crippen molar-refractivity contribution in [2.24, 2.45) is 0 Å². The molecule has 0 unspecified atom stereocenters. The average molecular weight is 271 g/mol. The van der Waals surface area contributed by atoms with E-state index in [0.717, 1.165) is 15.6 Å². The molecule has 0 aliphatic heterocycles. The Morgan fingerprint density at radius 1 is 1.50 bits per heavy atom. The van der Waals surface area contributed by atoms with E-state index in [2.05, 4.69) is 15.9 Å². The monoisotopic (exact) mass is 269 g/mol. The maximum Gasteiger partial charge on any atom is 0.0959 e. The van der Waals surface area contributed by atoms with Crippen LogP contribution in [0.4, 0.5) is 0 Å². The largest absolute Gasteiger partial charge is 0.193 e. The van der Waals surface area contributed by atoms with Crippen molar-refractivity contribution in [2.75, 3.05) is 0 Å². The van der Waals surface area contributed by atoms with Gasteiger partial charge in [0.2, 0.25) is 0 Å². The van der Waals surface area contributed by atoms with Gasteiger partial charge in [0.25, 0.3) is 0 Å². The van der Waals surface area contributed by atoms with Crippen LogP contribution in [0.25, 0.3) is 5.03 Å². The van der Waals surface area contributed by atoms with E-state index in [-0.39, 0.29) is 0 Å². The average Bonchev–Trinajstić information content (AvgIpc) is 2.20. The minimum atomic E-state index is 0.503. The summed E-state index contributed by atoms with van der Waals surface area (Å²) in [7, 11) is 0. The molecule has 1 nitrogen and oxygen atoms in total. The third-order valence-electron chi connectivity index (χ3n) is 1.93. The van der Waals surface area contributed by atoms with E-state index >= 15 is 0 Å². The first-order valence-corrected chi connectivity index (χ1v) is 5.27. The predicted molar refractivity (Wildman–Crippen MR) is 62.9 cm³/mol. The summed E-state index contributed by atoms with van der Waals surface area (Å²) < 4.78 is 0.944. The SMILES string of the molecule is C/C(C#N)=C(/Cl)c1cccc(C)c1Br. The van der Waals surface area contributed by atoms with Crippen molar-refractivity contribution in [3.63, 3.8) is 0 Å². The highest BCUT2D eigenvalue weighted by Gasteiger charge is 2.08. The summed E-state index contributed by atoms with van der Waals surface area (Å²) in [5.41, 5.74) is 2.50. The molecule has 1 aromatic carbocycles. The number of allylic oxidation sites excluding steroid dienone is 1. The van der Waals surface area contributed by atoms with Crippen LogP contribution in [0.5, 0.6) is 0 Å². The van der Waals surface area contributed by atoms with Crippen molar-refractivity contribution in [3.05, 3.63) is 39.4 Å². The fraction of sp³-hybridized carbons (Fsp3) is 0.182. The van der Waals surface area contributed by atoms with Crippen molar-refractivity contribution >= 4 is 32.6 Å². The Morgan fingerprint density at radius 2 is 2.14 bits per heavy atom. The third kappa shape index (κ3) is 2.17. The molecule has 0 aliphatic carbocycles. The molecule has 14 heavy (non-hydrogen) atoms. The molecule has 0 atom stereocenters. The molecule has 0 saturated carbocycles. The number of rotatable bonds is 1. The van der Waals surface area contributed by atoms with E-state index in [0.29, 0.717) is 10.6 Å². The lowest BCUT2D eigenvalue weighted by Crippen LogP contribution is -1.86. The van der Waals surface area contributed by atoms with E-state index in [9.17, 15) is 0 Å². The summed E-state index contributed by atoms with van der Waals surface area (Å²) in [6, 6.07) is 7.83. The summed E-state index contributed by atoms with van der Waals surface area (Å²) in [6.07, 6.45) is 0. The van der Waals surface area contributed by atoms with E-state index < -0.39 is 0 Å².